The summed E-state index contributed by atoms with van der Waals surface area (Å²) in [7, 11) is 0. The number of piperidine rings is 2. The van der Waals surface area contributed by atoms with Gasteiger partial charge in [0, 0.05) is 12.6 Å². The summed E-state index contributed by atoms with van der Waals surface area (Å²) >= 11 is 0. The van der Waals surface area contributed by atoms with Crippen LogP contribution in [0, 0.1) is 5.92 Å². The SMILES string of the molecule is c1ccc(CC2CCN(CC3CCCCN3)CC2)cc1. The van der Waals surface area contributed by atoms with Gasteiger partial charge in [-0.05, 0) is 63.2 Å². The highest BCUT2D eigenvalue weighted by Gasteiger charge is 2.22. The van der Waals surface area contributed by atoms with E-state index in [1.807, 2.05) is 0 Å². The quantitative estimate of drug-likeness (QED) is 0.906. The van der Waals surface area contributed by atoms with Gasteiger partial charge in [-0.25, -0.2) is 0 Å². The van der Waals surface area contributed by atoms with Crippen molar-refractivity contribution in [3.05, 3.63) is 35.9 Å². The van der Waals surface area contributed by atoms with Gasteiger partial charge in [-0.15, -0.1) is 0 Å². The molecule has 0 aliphatic carbocycles. The molecule has 1 N–H and O–H groups in total. The van der Waals surface area contributed by atoms with Crippen LogP contribution in [0.3, 0.4) is 0 Å². The van der Waals surface area contributed by atoms with E-state index in [0.717, 1.165) is 12.0 Å². The van der Waals surface area contributed by atoms with Crippen molar-refractivity contribution in [1.82, 2.24) is 10.2 Å². The van der Waals surface area contributed by atoms with Gasteiger partial charge in [0.05, 0.1) is 0 Å². The predicted molar refractivity (Wildman–Crippen MR) is 85.0 cm³/mol. The Labute approximate surface area is 123 Å². The predicted octanol–water partition coefficient (Wildman–Crippen LogP) is 3.08. The highest BCUT2D eigenvalue weighted by molar-refractivity contribution is 5.15. The van der Waals surface area contributed by atoms with Crippen molar-refractivity contribution in [1.29, 1.82) is 0 Å². The maximum absolute atomic E-state index is 3.68. The molecule has 0 aromatic heterocycles. The number of nitrogens with zero attached hydrogens (tertiary/aromatic N) is 1. The van der Waals surface area contributed by atoms with E-state index in [1.54, 1.807) is 0 Å². The first kappa shape index (κ1) is 14.1. The summed E-state index contributed by atoms with van der Waals surface area (Å²) in [4.78, 5) is 2.68. The molecular formula is C18H28N2. The molecule has 2 saturated heterocycles. The van der Waals surface area contributed by atoms with Gasteiger partial charge in [0.2, 0.25) is 0 Å². The Balaban J connectivity index is 1.40. The Morgan fingerprint density at radius 2 is 1.80 bits per heavy atom. The lowest BCUT2D eigenvalue weighted by atomic mass is 9.90. The van der Waals surface area contributed by atoms with Crippen LogP contribution in [0.5, 0.6) is 0 Å². The minimum atomic E-state index is 0.759. The molecule has 1 atom stereocenters. The molecular weight excluding hydrogens is 244 g/mol. The Bertz CT molecular complexity index is 376. The minimum absolute atomic E-state index is 0.759. The van der Waals surface area contributed by atoms with E-state index in [0.29, 0.717) is 0 Å². The fourth-order valence-corrected chi connectivity index (χ4v) is 3.71. The van der Waals surface area contributed by atoms with Gasteiger partial charge < -0.3 is 10.2 Å². The molecule has 1 unspecified atom stereocenters. The van der Waals surface area contributed by atoms with Crippen LogP contribution in [0.2, 0.25) is 0 Å². The second-order valence-electron chi connectivity index (χ2n) is 6.58. The van der Waals surface area contributed by atoms with Crippen LogP contribution in [0.15, 0.2) is 30.3 Å². The normalized spacial score (nSPS) is 25.7. The molecule has 0 amide bonds. The Morgan fingerprint density at radius 3 is 2.50 bits per heavy atom. The second kappa shape index (κ2) is 7.24. The molecule has 2 heteroatoms. The third-order valence-electron chi connectivity index (χ3n) is 4.97. The van der Waals surface area contributed by atoms with E-state index < -0.39 is 0 Å². The number of benzene rings is 1. The van der Waals surface area contributed by atoms with E-state index in [9.17, 15) is 0 Å². The molecule has 2 aliphatic heterocycles. The number of hydrogen-bond acceptors (Lipinski definition) is 2. The molecule has 2 heterocycles. The molecule has 1 aromatic carbocycles. The highest BCUT2D eigenvalue weighted by Crippen LogP contribution is 2.22. The molecule has 0 spiro atoms. The summed E-state index contributed by atoms with van der Waals surface area (Å²) in [6, 6.07) is 11.8. The summed E-state index contributed by atoms with van der Waals surface area (Å²) in [5.41, 5.74) is 1.51. The van der Waals surface area contributed by atoms with Gasteiger partial charge in [-0.2, -0.15) is 0 Å². The zero-order valence-corrected chi connectivity index (χ0v) is 12.6. The Morgan fingerprint density at radius 1 is 1.00 bits per heavy atom. The fraction of sp³-hybridized carbons (Fsp3) is 0.667. The number of likely N-dealkylation sites (tertiary alicyclic amines) is 1. The van der Waals surface area contributed by atoms with Crippen LogP contribution in [-0.2, 0) is 6.42 Å². The van der Waals surface area contributed by atoms with Crippen LogP contribution >= 0.6 is 0 Å². The summed E-state index contributed by atoms with van der Waals surface area (Å²) in [5.74, 6) is 0.896. The average molecular weight is 272 g/mol. The van der Waals surface area contributed by atoms with Crippen LogP contribution in [-0.4, -0.2) is 37.1 Å². The average Bonchev–Trinajstić information content (AvgIpc) is 2.51. The van der Waals surface area contributed by atoms with E-state index in [4.69, 9.17) is 0 Å². The van der Waals surface area contributed by atoms with E-state index in [-0.39, 0.29) is 0 Å². The Hall–Kier alpha value is -0.860. The molecule has 0 bridgehead atoms. The topological polar surface area (TPSA) is 15.3 Å². The van der Waals surface area contributed by atoms with Crippen molar-refractivity contribution < 1.29 is 0 Å². The summed E-state index contributed by atoms with van der Waals surface area (Å²) in [6.07, 6.45) is 8.20. The maximum Gasteiger partial charge on any atom is 0.0195 e. The molecule has 2 nitrogen and oxygen atoms in total. The second-order valence-corrected chi connectivity index (χ2v) is 6.58. The smallest absolute Gasteiger partial charge is 0.0195 e. The molecule has 0 radical (unpaired) electrons. The van der Waals surface area contributed by atoms with Crippen molar-refractivity contribution in [3.8, 4) is 0 Å². The Kier molecular flexibility index (Phi) is 5.10. The van der Waals surface area contributed by atoms with Gasteiger partial charge in [0.25, 0.3) is 0 Å². The van der Waals surface area contributed by atoms with Gasteiger partial charge in [-0.1, -0.05) is 36.8 Å². The van der Waals surface area contributed by atoms with Crippen molar-refractivity contribution in [2.24, 2.45) is 5.92 Å². The van der Waals surface area contributed by atoms with Crippen molar-refractivity contribution in [3.63, 3.8) is 0 Å². The standard InChI is InChI=1S/C18H28N2/c1-2-6-16(7-3-1)14-17-9-12-20(13-10-17)15-18-8-4-5-11-19-18/h1-3,6-7,17-19H,4-5,8-15H2. The fourth-order valence-electron chi connectivity index (χ4n) is 3.71. The zero-order valence-electron chi connectivity index (χ0n) is 12.6. The molecule has 110 valence electrons. The largest absolute Gasteiger partial charge is 0.313 e. The van der Waals surface area contributed by atoms with Gasteiger partial charge in [0.1, 0.15) is 0 Å². The van der Waals surface area contributed by atoms with Crippen LogP contribution < -0.4 is 5.32 Å². The van der Waals surface area contributed by atoms with Gasteiger partial charge in [0.15, 0.2) is 0 Å². The van der Waals surface area contributed by atoms with Crippen molar-refractivity contribution in [2.45, 2.75) is 44.6 Å². The third kappa shape index (κ3) is 4.07. The van der Waals surface area contributed by atoms with E-state index in [2.05, 4.69) is 40.5 Å². The van der Waals surface area contributed by atoms with Crippen LogP contribution in [0.25, 0.3) is 0 Å². The van der Waals surface area contributed by atoms with Crippen LogP contribution in [0.4, 0.5) is 0 Å². The van der Waals surface area contributed by atoms with Gasteiger partial charge in [-0.3, -0.25) is 0 Å². The summed E-state index contributed by atoms with van der Waals surface area (Å²) in [5, 5.41) is 3.68. The van der Waals surface area contributed by atoms with E-state index >= 15 is 0 Å². The zero-order chi connectivity index (χ0) is 13.6. The first-order valence-corrected chi connectivity index (χ1v) is 8.40. The third-order valence-corrected chi connectivity index (χ3v) is 4.97. The van der Waals surface area contributed by atoms with Gasteiger partial charge >= 0.3 is 0 Å². The number of nitrogens with one attached hydrogen (secondary N) is 1. The lowest BCUT2D eigenvalue weighted by Crippen LogP contribution is -2.46. The minimum Gasteiger partial charge on any atom is -0.313 e. The maximum atomic E-state index is 3.68. The lowest BCUT2D eigenvalue weighted by molar-refractivity contribution is 0.160. The van der Waals surface area contributed by atoms with Crippen molar-refractivity contribution in [2.75, 3.05) is 26.2 Å². The number of rotatable bonds is 4. The monoisotopic (exact) mass is 272 g/mol. The highest BCUT2D eigenvalue weighted by atomic mass is 15.2. The van der Waals surface area contributed by atoms with Crippen molar-refractivity contribution >= 4 is 0 Å². The molecule has 2 fully saturated rings. The lowest BCUT2D eigenvalue weighted by Gasteiger charge is -2.35. The summed E-state index contributed by atoms with van der Waals surface area (Å²) in [6.45, 7) is 5.11. The molecule has 1 aromatic rings. The molecule has 2 aliphatic rings. The molecule has 0 saturated carbocycles. The van der Waals surface area contributed by atoms with Crippen LogP contribution in [0.1, 0.15) is 37.7 Å². The molecule has 3 rings (SSSR count). The van der Waals surface area contributed by atoms with E-state index in [1.165, 1.54) is 70.3 Å². The first-order chi connectivity index (χ1) is 9.90. The number of hydrogen-bond donors (Lipinski definition) is 1. The first-order valence-electron chi connectivity index (χ1n) is 8.40. The molecule has 20 heavy (non-hydrogen) atoms. The summed E-state index contributed by atoms with van der Waals surface area (Å²) < 4.78 is 0.